The molecular weight excluding hydrogens is 294 g/mol. The molecular formula is C14H19NO5S. The van der Waals surface area contributed by atoms with Crippen molar-refractivity contribution >= 4 is 10.0 Å². The zero-order valence-electron chi connectivity index (χ0n) is 12.0. The Balaban J connectivity index is 1.88. The van der Waals surface area contributed by atoms with Gasteiger partial charge in [0.1, 0.15) is 0 Å². The molecule has 0 amide bonds. The summed E-state index contributed by atoms with van der Waals surface area (Å²) < 4.78 is 37.1. The van der Waals surface area contributed by atoms with Gasteiger partial charge in [0.25, 0.3) is 0 Å². The van der Waals surface area contributed by atoms with Crippen molar-refractivity contribution in [2.75, 3.05) is 27.3 Å². The van der Waals surface area contributed by atoms with Crippen LogP contribution in [-0.2, 0) is 10.0 Å². The zero-order chi connectivity index (χ0) is 15.2. The lowest BCUT2D eigenvalue weighted by molar-refractivity contribution is -0.00416. The Morgan fingerprint density at radius 3 is 2.48 bits per heavy atom. The molecule has 1 N–H and O–H groups in total. The first kappa shape index (κ1) is 14.6. The molecule has 6 nitrogen and oxygen atoms in total. The summed E-state index contributed by atoms with van der Waals surface area (Å²) in [6, 6.07) is 4.59. The van der Waals surface area contributed by atoms with Gasteiger partial charge >= 0.3 is 0 Å². The molecule has 3 atom stereocenters. The molecule has 1 aromatic rings. The monoisotopic (exact) mass is 313 g/mol. The molecule has 1 heterocycles. The lowest BCUT2D eigenvalue weighted by Gasteiger charge is -2.34. The largest absolute Gasteiger partial charge is 0.493 e. The van der Waals surface area contributed by atoms with E-state index >= 15 is 0 Å². The topological polar surface area (TPSA) is 76.1 Å². The highest BCUT2D eigenvalue weighted by atomic mass is 32.2. The van der Waals surface area contributed by atoms with Crippen molar-refractivity contribution in [1.82, 2.24) is 4.31 Å². The first-order chi connectivity index (χ1) is 9.97. The van der Waals surface area contributed by atoms with E-state index in [1.54, 1.807) is 6.07 Å². The summed E-state index contributed by atoms with van der Waals surface area (Å²) in [4.78, 5) is 0.191. The van der Waals surface area contributed by atoms with E-state index in [4.69, 9.17) is 9.47 Å². The molecule has 2 aliphatic rings. The van der Waals surface area contributed by atoms with E-state index in [1.807, 2.05) is 0 Å². The van der Waals surface area contributed by atoms with Gasteiger partial charge < -0.3 is 14.6 Å². The fourth-order valence-corrected chi connectivity index (χ4v) is 4.70. The summed E-state index contributed by atoms with van der Waals surface area (Å²) in [6.45, 7) is 0.876. The van der Waals surface area contributed by atoms with E-state index in [-0.39, 0.29) is 22.8 Å². The Hall–Kier alpha value is -1.31. The van der Waals surface area contributed by atoms with Crippen LogP contribution in [0.5, 0.6) is 11.5 Å². The maximum Gasteiger partial charge on any atom is 0.243 e. The first-order valence-electron chi connectivity index (χ1n) is 6.87. The molecule has 0 unspecified atom stereocenters. The minimum absolute atomic E-state index is 0.0833. The predicted octanol–water partition coefficient (Wildman–Crippen LogP) is 0.705. The predicted molar refractivity (Wildman–Crippen MR) is 75.9 cm³/mol. The van der Waals surface area contributed by atoms with E-state index in [0.29, 0.717) is 31.0 Å². The zero-order valence-corrected chi connectivity index (χ0v) is 12.8. The van der Waals surface area contributed by atoms with E-state index in [0.717, 1.165) is 0 Å². The van der Waals surface area contributed by atoms with Gasteiger partial charge in [0.15, 0.2) is 11.5 Å². The third kappa shape index (κ3) is 2.29. The second kappa shape index (κ2) is 5.15. The van der Waals surface area contributed by atoms with Crippen molar-refractivity contribution in [1.29, 1.82) is 0 Å². The SMILES string of the molecule is COc1ccc(S(=O)(=O)N2C[C@H]3C[C@@H](O)[C@H]3C2)cc1OC. The molecule has 21 heavy (non-hydrogen) atoms. The average Bonchev–Trinajstić information content (AvgIpc) is 2.84. The van der Waals surface area contributed by atoms with Crippen molar-refractivity contribution in [3.63, 3.8) is 0 Å². The number of sulfonamides is 1. The van der Waals surface area contributed by atoms with Gasteiger partial charge in [-0.15, -0.1) is 0 Å². The number of ether oxygens (including phenoxy) is 2. The normalized spacial score (nSPS) is 28.8. The van der Waals surface area contributed by atoms with Crippen LogP contribution in [0.25, 0.3) is 0 Å². The Labute approximate surface area is 124 Å². The summed E-state index contributed by atoms with van der Waals surface area (Å²) in [5.74, 6) is 1.25. The van der Waals surface area contributed by atoms with Crippen LogP contribution < -0.4 is 9.47 Å². The summed E-state index contributed by atoms with van der Waals surface area (Å²) in [7, 11) is -0.580. The molecule has 0 spiro atoms. The molecule has 1 saturated heterocycles. The van der Waals surface area contributed by atoms with E-state index in [1.165, 1.54) is 30.7 Å². The highest BCUT2D eigenvalue weighted by Crippen LogP contribution is 2.43. The fraction of sp³-hybridized carbons (Fsp3) is 0.571. The summed E-state index contributed by atoms with van der Waals surface area (Å²) in [6.07, 6.45) is 0.336. The van der Waals surface area contributed by atoms with Crippen LogP contribution in [0.1, 0.15) is 6.42 Å². The number of hydrogen-bond donors (Lipinski definition) is 1. The van der Waals surface area contributed by atoms with Crippen molar-refractivity contribution < 1.29 is 23.0 Å². The number of aliphatic hydroxyl groups is 1. The Morgan fingerprint density at radius 2 is 1.90 bits per heavy atom. The molecule has 3 rings (SSSR count). The van der Waals surface area contributed by atoms with E-state index in [9.17, 15) is 13.5 Å². The number of benzene rings is 1. The fourth-order valence-electron chi connectivity index (χ4n) is 3.15. The number of methoxy groups -OCH3 is 2. The Bertz CT molecular complexity index is 645. The summed E-state index contributed by atoms with van der Waals surface area (Å²) in [5.41, 5.74) is 0. The molecule has 1 saturated carbocycles. The number of hydrogen-bond acceptors (Lipinski definition) is 5. The maximum absolute atomic E-state index is 12.7. The van der Waals surface area contributed by atoms with E-state index in [2.05, 4.69) is 0 Å². The minimum Gasteiger partial charge on any atom is -0.493 e. The summed E-state index contributed by atoms with van der Waals surface area (Å²) >= 11 is 0. The molecule has 1 aromatic carbocycles. The Kier molecular flexibility index (Phi) is 3.59. The van der Waals surface area contributed by atoms with Crippen LogP contribution in [0.4, 0.5) is 0 Å². The molecule has 0 bridgehead atoms. The maximum atomic E-state index is 12.7. The molecule has 0 radical (unpaired) electrons. The van der Waals surface area contributed by atoms with Crippen LogP contribution in [0.3, 0.4) is 0 Å². The molecule has 2 fully saturated rings. The second-order valence-corrected chi connectivity index (χ2v) is 7.50. The van der Waals surface area contributed by atoms with Crippen molar-refractivity contribution in [3.8, 4) is 11.5 Å². The number of rotatable bonds is 4. The van der Waals surface area contributed by atoms with Crippen molar-refractivity contribution in [3.05, 3.63) is 18.2 Å². The molecule has 1 aliphatic carbocycles. The third-order valence-corrected chi connectivity index (χ3v) is 6.32. The number of aliphatic hydroxyl groups excluding tert-OH is 1. The highest BCUT2D eigenvalue weighted by molar-refractivity contribution is 7.89. The van der Waals surface area contributed by atoms with Gasteiger partial charge in [-0.1, -0.05) is 0 Å². The third-order valence-electron chi connectivity index (χ3n) is 4.49. The molecule has 116 valence electrons. The van der Waals surface area contributed by atoms with Crippen LogP contribution in [-0.4, -0.2) is 51.2 Å². The van der Waals surface area contributed by atoms with Gasteiger partial charge in [-0.2, -0.15) is 4.31 Å². The Morgan fingerprint density at radius 1 is 1.19 bits per heavy atom. The smallest absolute Gasteiger partial charge is 0.243 e. The van der Waals surface area contributed by atoms with Crippen LogP contribution in [0.2, 0.25) is 0 Å². The van der Waals surface area contributed by atoms with Gasteiger partial charge in [0.05, 0.1) is 25.2 Å². The van der Waals surface area contributed by atoms with Gasteiger partial charge in [0.2, 0.25) is 10.0 Å². The van der Waals surface area contributed by atoms with Gasteiger partial charge in [-0.25, -0.2) is 8.42 Å². The van der Waals surface area contributed by atoms with Gasteiger partial charge in [-0.3, -0.25) is 0 Å². The molecule has 7 heteroatoms. The van der Waals surface area contributed by atoms with Gasteiger partial charge in [0, 0.05) is 25.1 Å². The minimum atomic E-state index is -3.56. The van der Waals surface area contributed by atoms with Crippen molar-refractivity contribution in [2.24, 2.45) is 11.8 Å². The molecule has 1 aliphatic heterocycles. The number of nitrogens with zero attached hydrogens (tertiary/aromatic N) is 1. The van der Waals surface area contributed by atoms with Gasteiger partial charge in [-0.05, 0) is 24.5 Å². The quantitative estimate of drug-likeness (QED) is 0.886. The lowest BCUT2D eigenvalue weighted by atomic mass is 9.74. The second-order valence-electron chi connectivity index (χ2n) is 5.57. The highest BCUT2D eigenvalue weighted by Gasteiger charge is 2.49. The van der Waals surface area contributed by atoms with Crippen LogP contribution in [0, 0.1) is 11.8 Å². The van der Waals surface area contributed by atoms with E-state index < -0.39 is 10.0 Å². The average molecular weight is 313 g/mol. The van der Waals surface area contributed by atoms with Crippen LogP contribution in [0.15, 0.2) is 23.1 Å². The summed E-state index contributed by atoms with van der Waals surface area (Å²) in [5, 5.41) is 9.66. The standard InChI is InChI=1S/C14H19NO5S/c1-19-13-4-3-10(6-14(13)20-2)21(17,18)15-7-9-5-12(16)11(9)8-15/h3-4,6,9,11-12,16H,5,7-8H2,1-2H3/t9-,11+,12-/m1/s1. The van der Waals surface area contributed by atoms with Crippen molar-refractivity contribution in [2.45, 2.75) is 17.4 Å². The first-order valence-corrected chi connectivity index (χ1v) is 8.31. The molecule has 0 aromatic heterocycles. The lowest BCUT2D eigenvalue weighted by Crippen LogP contribution is -2.39. The number of fused-ring (bicyclic) bond motifs is 1. The van der Waals surface area contributed by atoms with Crippen LogP contribution >= 0.6 is 0 Å².